The molecule has 0 aromatic carbocycles. The fourth-order valence-corrected chi connectivity index (χ4v) is 7.94. The van der Waals surface area contributed by atoms with E-state index in [9.17, 15) is 9.59 Å². The van der Waals surface area contributed by atoms with Crippen molar-refractivity contribution in [3.8, 4) is 0 Å². The topological polar surface area (TPSA) is 145 Å². The number of unbranched alkanes of at least 4 members (excludes halogenated alkanes) is 28. The summed E-state index contributed by atoms with van der Waals surface area (Å²) in [5.74, 6) is -0.264. The smallest absolute Gasteiger partial charge is 0.305 e. The SMILES string of the molecule is CCCCCCCCCCCCCCCCCC(=O)OCCOCCOCCOCCOCCOCCOCCOCCOCCOCCOCCOC(=O)CCCCCCCCCCCCCCCCC. The fraction of sp³-hybridized carbons (Fsp3) is 0.966. The van der Waals surface area contributed by atoms with Gasteiger partial charge in [-0.2, -0.15) is 0 Å². The third kappa shape index (κ3) is 64.7. The lowest BCUT2D eigenvalue weighted by Crippen LogP contribution is -2.16. The van der Waals surface area contributed by atoms with E-state index in [0.717, 1.165) is 25.7 Å². The Morgan fingerprint density at radius 2 is 0.333 bits per heavy atom. The Labute approximate surface area is 441 Å². The zero-order valence-electron chi connectivity index (χ0n) is 46.9. The van der Waals surface area contributed by atoms with E-state index >= 15 is 0 Å². The predicted molar refractivity (Wildman–Crippen MR) is 289 cm³/mol. The Morgan fingerprint density at radius 3 is 0.500 bits per heavy atom. The van der Waals surface area contributed by atoms with E-state index in [2.05, 4.69) is 13.8 Å². The minimum Gasteiger partial charge on any atom is -0.463 e. The molecule has 0 rings (SSSR count). The van der Waals surface area contributed by atoms with Crippen LogP contribution in [0.2, 0.25) is 0 Å². The van der Waals surface area contributed by atoms with Crippen LogP contribution in [-0.2, 0) is 66.4 Å². The minimum atomic E-state index is -0.132. The zero-order valence-corrected chi connectivity index (χ0v) is 46.9. The van der Waals surface area contributed by atoms with Gasteiger partial charge >= 0.3 is 11.9 Å². The molecule has 0 radical (unpaired) electrons. The third-order valence-electron chi connectivity index (χ3n) is 12.3. The first kappa shape index (κ1) is 70.5. The van der Waals surface area contributed by atoms with E-state index in [1.807, 2.05) is 0 Å². The first-order valence-corrected chi connectivity index (χ1v) is 29.8. The summed E-state index contributed by atoms with van der Waals surface area (Å²) in [6, 6.07) is 0. The van der Waals surface area contributed by atoms with Crippen molar-refractivity contribution < 1.29 is 66.4 Å². The summed E-state index contributed by atoms with van der Waals surface area (Å²) < 4.78 is 65.8. The maximum absolute atomic E-state index is 11.9. The van der Waals surface area contributed by atoms with E-state index in [-0.39, 0.29) is 25.2 Å². The molecule has 14 nitrogen and oxygen atoms in total. The van der Waals surface area contributed by atoms with Crippen LogP contribution in [0.25, 0.3) is 0 Å². The summed E-state index contributed by atoms with van der Waals surface area (Å²) in [7, 11) is 0. The van der Waals surface area contributed by atoms with E-state index in [1.54, 1.807) is 0 Å². The largest absolute Gasteiger partial charge is 0.463 e. The van der Waals surface area contributed by atoms with Gasteiger partial charge in [-0.15, -0.1) is 0 Å². The molecule has 0 bridgehead atoms. The molecule has 0 atom stereocenters. The fourth-order valence-electron chi connectivity index (χ4n) is 7.94. The molecule has 0 saturated carbocycles. The summed E-state index contributed by atoms with van der Waals surface area (Å²) in [6.45, 7) is 14.6. The number of carbonyl (C=O) groups excluding carboxylic acids is 2. The minimum absolute atomic E-state index is 0.132. The van der Waals surface area contributed by atoms with E-state index in [4.69, 9.17) is 56.8 Å². The number of hydrogen-bond acceptors (Lipinski definition) is 14. The zero-order chi connectivity index (χ0) is 51.8. The molecular formula is C58H114O14. The van der Waals surface area contributed by atoms with E-state index in [0.29, 0.717) is 145 Å². The van der Waals surface area contributed by atoms with Crippen molar-refractivity contribution in [3.63, 3.8) is 0 Å². The monoisotopic (exact) mass is 1030 g/mol. The lowest BCUT2D eigenvalue weighted by atomic mass is 10.0. The van der Waals surface area contributed by atoms with Crippen LogP contribution < -0.4 is 0 Å². The summed E-state index contributed by atoms with van der Waals surface area (Å²) in [5.41, 5.74) is 0. The Hall–Kier alpha value is -1.46. The molecule has 0 aromatic rings. The van der Waals surface area contributed by atoms with E-state index < -0.39 is 0 Å². The van der Waals surface area contributed by atoms with Crippen molar-refractivity contribution in [2.75, 3.05) is 145 Å². The Balaban J connectivity index is 3.16. The van der Waals surface area contributed by atoms with Gasteiger partial charge in [-0.1, -0.05) is 194 Å². The summed E-state index contributed by atoms with van der Waals surface area (Å²) in [5, 5.41) is 0. The van der Waals surface area contributed by atoms with E-state index in [1.165, 1.54) is 167 Å². The molecule has 0 unspecified atom stereocenters. The van der Waals surface area contributed by atoms with Crippen LogP contribution in [0.3, 0.4) is 0 Å². The second-order valence-electron chi connectivity index (χ2n) is 19.0. The molecular weight excluding hydrogens is 921 g/mol. The third-order valence-corrected chi connectivity index (χ3v) is 12.3. The van der Waals surface area contributed by atoms with Gasteiger partial charge < -0.3 is 56.8 Å². The summed E-state index contributed by atoms with van der Waals surface area (Å²) >= 11 is 0. The van der Waals surface area contributed by atoms with Gasteiger partial charge in [0.1, 0.15) is 13.2 Å². The molecule has 72 heavy (non-hydrogen) atoms. The molecule has 0 amide bonds. The molecule has 0 fully saturated rings. The highest BCUT2D eigenvalue weighted by molar-refractivity contribution is 5.69. The van der Waals surface area contributed by atoms with Crippen LogP contribution in [0.1, 0.15) is 219 Å². The Kier molecular flexibility index (Phi) is 64.3. The van der Waals surface area contributed by atoms with Crippen molar-refractivity contribution >= 4 is 11.9 Å². The summed E-state index contributed by atoms with van der Waals surface area (Å²) in [6.07, 6.45) is 40.4. The molecule has 0 aliphatic rings. The van der Waals surface area contributed by atoms with Crippen molar-refractivity contribution in [2.45, 2.75) is 219 Å². The Bertz CT molecular complexity index is 946. The maximum atomic E-state index is 11.9. The van der Waals surface area contributed by atoms with Crippen LogP contribution >= 0.6 is 0 Å². The number of ether oxygens (including phenoxy) is 12. The molecule has 0 heterocycles. The Morgan fingerprint density at radius 1 is 0.194 bits per heavy atom. The van der Waals surface area contributed by atoms with Gasteiger partial charge in [0.25, 0.3) is 0 Å². The average Bonchev–Trinajstić information content (AvgIpc) is 3.38. The second-order valence-corrected chi connectivity index (χ2v) is 19.0. The molecule has 0 saturated heterocycles. The predicted octanol–water partition coefficient (Wildman–Crippen LogP) is 12.8. The lowest BCUT2D eigenvalue weighted by molar-refractivity contribution is -0.146. The van der Waals surface area contributed by atoms with Gasteiger partial charge in [0, 0.05) is 12.8 Å². The molecule has 430 valence electrons. The van der Waals surface area contributed by atoms with Crippen LogP contribution in [0.15, 0.2) is 0 Å². The van der Waals surface area contributed by atoms with Gasteiger partial charge in [-0.3, -0.25) is 9.59 Å². The van der Waals surface area contributed by atoms with Crippen LogP contribution in [0, 0.1) is 0 Å². The van der Waals surface area contributed by atoms with Crippen molar-refractivity contribution in [3.05, 3.63) is 0 Å². The quantitative estimate of drug-likeness (QED) is 0.0421. The molecule has 0 aliphatic heterocycles. The van der Waals surface area contributed by atoms with Crippen molar-refractivity contribution in [1.82, 2.24) is 0 Å². The van der Waals surface area contributed by atoms with Crippen LogP contribution in [0.4, 0.5) is 0 Å². The highest BCUT2D eigenvalue weighted by Gasteiger charge is 2.05. The highest BCUT2D eigenvalue weighted by Crippen LogP contribution is 2.15. The molecule has 0 aromatic heterocycles. The standard InChI is InChI=1S/C58H114O14/c1-3-5-7-9-11-13-15-17-19-21-23-25-27-29-31-33-57(59)71-55-53-69-51-49-67-47-45-65-43-41-63-39-37-61-35-36-62-38-40-64-42-44-66-46-48-68-50-52-70-54-56-72-58(60)34-32-30-28-26-24-22-20-18-16-14-12-10-8-6-4-2/h3-56H2,1-2H3. The molecule has 0 aliphatic carbocycles. The number of hydrogen-bond donors (Lipinski definition) is 0. The van der Waals surface area contributed by atoms with Crippen LogP contribution in [0.5, 0.6) is 0 Å². The van der Waals surface area contributed by atoms with Crippen molar-refractivity contribution in [2.24, 2.45) is 0 Å². The maximum Gasteiger partial charge on any atom is 0.305 e. The normalized spacial score (nSPS) is 11.5. The van der Waals surface area contributed by atoms with Crippen LogP contribution in [-0.4, -0.2) is 157 Å². The number of carbonyl (C=O) groups is 2. The van der Waals surface area contributed by atoms with Gasteiger partial charge in [0.15, 0.2) is 0 Å². The van der Waals surface area contributed by atoms with Gasteiger partial charge in [0.05, 0.1) is 132 Å². The molecule has 0 N–H and O–H groups in total. The number of rotatable bonds is 65. The van der Waals surface area contributed by atoms with Gasteiger partial charge in [-0.25, -0.2) is 0 Å². The first-order chi connectivity index (χ1) is 35.7. The van der Waals surface area contributed by atoms with Crippen molar-refractivity contribution in [1.29, 1.82) is 0 Å². The van der Waals surface area contributed by atoms with Gasteiger partial charge in [0.2, 0.25) is 0 Å². The number of esters is 2. The lowest BCUT2D eigenvalue weighted by Gasteiger charge is -2.09. The summed E-state index contributed by atoms with van der Waals surface area (Å²) in [4.78, 5) is 23.9. The first-order valence-electron chi connectivity index (χ1n) is 29.8. The van der Waals surface area contributed by atoms with Gasteiger partial charge in [-0.05, 0) is 12.8 Å². The molecule has 14 heteroatoms. The highest BCUT2D eigenvalue weighted by atomic mass is 16.6. The second kappa shape index (κ2) is 65.7. The molecule has 0 spiro atoms. The average molecular weight is 1040 g/mol.